The largest absolute Gasteiger partial charge is 0.493 e. The Morgan fingerprint density at radius 1 is 1.03 bits per heavy atom. The van der Waals surface area contributed by atoms with Gasteiger partial charge in [-0.25, -0.2) is 9.78 Å². The molecule has 1 unspecified atom stereocenters. The summed E-state index contributed by atoms with van der Waals surface area (Å²) in [4.78, 5) is 21.2. The monoisotopic (exact) mass is 420 g/mol. The molecule has 1 aliphatic rings. The minimum absolute atomic E-state index is 0.217. The van der Waals surface area contributed by atoms with E-state index in [1.165, 1.54) is 7.05 Å². The number of amides is 1. The van der Waals surface area contributed by atoms with Crippen LogP contribution in [-0.4, -0.2) is 56.3 Å². The normalized spacial score (nSPS) is 15.5. The van der Waals surface area contributed by atoms with Crippen molar-refractivity contribution in [3.63, 3.8) is 0 Å². The number of piperazine rings is 1. The van der Waals surface area contributed by atoms with Gasteiger partial charge in [-0.3, -0.25) is 4.90 Å². The van der Waals surface area contributed by atoms with E-state index in [4.69, 9.17) is 14.5 Å². The first-order valence-electron chi connectivity index (χ1n) is 10.5. The van der Waals surface area contributed by atoms with Crippen molar-refractivity contribution in [2.24, 2.45) is 0 Å². The molecule has 1 N–H and O–H groups in total. The smallest absolute Gasteiger partial charge is 0.412 e. The van der Waals surface area contributed by atoms with Crippen molar-refractivity contribution in [3.05, 3.63) is 60.2 Å². The number of ether oxygens (including phenoxy) is 2. The van der Waals surface area contributed by atoms with Gasteiger partial charge >= 0.3 is 6.09 Å². The SMILES string of the molecule is CNC(=O)Oc1ccc(C(C)N2CCN(c3ccc4ccccc4n3)CC2)cc1OC. The van der Waals surface area contributed by atoms with Gasteiger partial charge in [0.05, 0.1) is 12.6 Å². The lowest BCUT2D eigenvalue weighted by molar-refractivity contribution is 0.196. The molecule has 0 saturated carbocycles. The molecular weight excluding hydrogens is 392 g/mol. The Labute approximate surface area is 182 Å². The highest BCUT2D eigenvalue weighted by Crippen LogP contribution is 2.33. The number of carbonyl (C=O) groups is 1. The molecule has 1 saturated heterocycles. The van der Waals surface area contributed by atoms with Crippen LogP contribution in [0.1, 0.15) is 18.5 Å². The summed E-state index contributed by atoms with van der Waals surface area (Å²) in [5, 5.41) is 3.61. The molecule has 1 fully saturated rings. The second-order valence-corrected chi connectivity index (χ2v) is 7.61. The molecule has 1 atom stereocenters. The van der Waals surface area contributed by atoms with Gasteiger partial charge in [0.2, 0.25) is 0 Å². The van der Waals surface area contributed by atoms with Crippen molar-refractivity contribution < 1.29 is 14.3 Å². The molecule has 2 aromatic carbocycles. The molecule has 1 aliphatic heterocycles. The number of para-hydroxylation sites is 1. The molecule has 0 bridgehead atoms. The van der Waals surface area contributed by atoms with E-state index in [0.717, 1.165) is 48.5 Å². The van der Waals surface area contributed by atoms with Crippen molar-refractivity contribution in [1.82, 2.24) is 15.2 Å². The number of nitrogens with one attached hydrogen (secondary N) is 1. The second-order valence-electron chi connectivity index (χ2n) is 7.61. The van der Waals surface area contributed by atoms with Crippen LogP contribution in [0.15, 0.2) is 54.6 Å². The van der Waals surface area contributed by atoms with Crippen LogP contribution in [0.3, 0.4) is 0 Å². The average Bonchev–Trinajstić information content (AvgIpc) is 2.83. The molecule has 1 aromatic heterocycles. The van der Waals surface area contributed by atoms with Gasteiger partial charge in [0.1, 0.15) is 5.82 Å². The van der Waals surface area contributed by atoms with Gasteiger partial charge in [-0.15, -0.1) is 0 Å². The lowest BCUT2D eigenvalue weighted by atomic mass is 10.1. The summed E-state index contributed by atoms with van der Waals surface area (Å²) in [5.74, 6) is 1.99. The second kappa shape index (κ2) is 9.22. The number of methoxy groups -OCH3 is 1. The minimum atomic E-state index is -0.516. The molecule has 162 valence electrons. The summed E-state index contributed by atoms with van der Waals surface area (Å²) in [6, 6.07) is 18.4. The van der Waals surface area contributed by atoms with E-state index in [-0.39, 0.29) is 6.04 Å². The number of hydrogen-bond acceptors (Lipinski definition) is 6. The molecule has 1 amide bonds. The van der Waals surface area contributed by atoms with E-state index in [2.05, 4.69) is 46.3 Å². The quantitative estimate of drug-likeness (QED) is 0.676. The zero-order chi connectivity index (χ0) is 21.8. The Morgan fingerprint density at radius 2 is 1.81 bits per heavy atom. The summed E-state index contributed by atoms with van der Waals surface area (Å²) in [5.41, 5.74) is 2.15. The van der Waals surface area contributed by atoms with Crippen molar-refractivity contribution >= 4 is 22.8 Å². The van der Waals surface area contributed by atoms with Gasteiger partial charge in [-0.1, -0.05) is 24.3 Å². The fourth-order valence-electron chi connectivity index (χ4n) is 3.96. The fourth-order valence-corrected chi connectivity index (χ4v) is 3.96. The Bertz CT molecular complexity index is 1060. The van der Waals surface area contributed by atoms with Gasteiger partial charge < -0.3 is 19.7 Å². The number of pyridine rings is 1. The molecule has 2 heterocycles. The van der Waals surface area contributed by atoms with Gasteiger partial charge in [0.15, 0.2) is 11.5 Å². The van der Waals surface area contributed by atoms with Crippen LogP contribution in [-0.2, 0) is 0 Å². The Hall–Kier alpha value is -3.32. The molecule has 0 spiro atoms. The Kier molecular flexibility index (Phi) is 6.23. The number of nitrogens with zero attached hydrogens (tertiary/aromatic N) is 3. The number of aromatic nitrogens is 1. The zero-order valence-corrected chi connectivity index (χ0v) is 18.2. The van der Waals surface area contributed by atoms with Gasteiger partial charge in [-0.05, 0) is 42.8 Å². The van der Waals surface area contributed by atoms with Crippen molar-refractivity contribution in [3.8, 4) is 11.5 Å². The molecule has 7 heteroatoms. The first-order valence-corrected chi connectivity index (χ1v) is 10.5. The summed E-state index contributed by atoms with van der Waals surface area (Å²) >= 11 is 0. The maximum Gasteiger partial charge on any atom is 0.412 e. The highest BCUT2D eigenvalue weighted by Gasteiger charge is 2.24. The molecule has 7 nitrogen and oxygen atoms in total. The minimum Gasteiger partial charge on any atom is -0.493 e. The molecule has 31 heavy (non-hydrogen) atoms. The standard InChI is InChI=1S/C24H28N4O3/c1-17(19-8-10-21(22(16-19)30-3)31-24(29)25-2)27-12-14-28(15-13-27)23-11-9-18-6-4-5-7-20(18)26-23/h4-11,16-17H,12-15H2,1-3H3,(H,25,29). The van der Waals surface area contributed by atoms with Crippen LogP contribution in [0, 0.1) is 0 Å². The van der Waals surface area contributed by atoms with Crippen LogP contribution >= 0.6 is 0 Å². The topological polar surface area (TPSA) is 66.9 Å². The number of hydrogen-bond donors (Lipinski definition) is 1. The third kappa shape index (κ3) is 4.56. The molecule has 0 aliphatic carbocycles. The van der Waals surface area contributed by atoms with Crippen molar-refractivity contribution in [2.75, 3.05) is 45.2 Å². The van der Waals surface area contributed by atoms with Crippen LogP contribution in [0.5, 0.6) is 11.5 Å². The third-order valence-electron chi connectivity index (χ3n) is 5.85. The number of rotatable bonds is 5. The number of benzene rings is 2. The maximum atomic E-state index is 11.5. The molecule has 0 radical (unpaired) electrons. The molecule has 4 rings (SSSR count). The lowest BCUT2D eigenvalue weighted by Crippen LogP contribution is -2.47. The first-order chi connectivity index (χ1) is 15.1. The lowest BCUT2D eigenvalue weighted by Gasteiger charge is -2.38. The van der Waals surface area contributed by atoms with Gasteiger partial charge in [-0.2, -0.15) is 0 Å². The van der Waals surface area contributed by atoms with E-state index in [9.17, 15) is 4.79 Å². The van der Waals surface area contributed by atoms with E-state index in [1.807, 2.05) is 24.3 Å². The highest BCUT2D eigenvalue weighted by atomic mass is 16.6. The van der Waals surface area contributed by atoms with Crippen molar-refractivity contribution in [1.29, 1.82) is 0 Å². The zero-order valence-electron chi connectivity index (χ0n) is 18.2. The van der Waals surface area contributed by atoms with Crippen LogP contribution in [0.2, 0.25) is 0 Å². The predicted octanol–water partition coefficient (Wildman–Crippen LogP) is 3.84. The van der Waals surface area contributed by atoms with E-state index >= 15 is 0 Å². The van der Waals surface area contributed by atoms with Gasteiger partial charge in [0, 0.05) is 44.7 Å². The molecule has 3 aromatic rings. The van der Waals surface area contributed by atoms with E-state index < -0.39 is 6.09 Å². The Balaban J connectivity index is 1.42. The molecular formula is C24H28N4O3. The fraction of sp³-hybridized carbons (Fsp3) is 0.333. The number of carbonyl (C=O) groups excluding carboxylic acids is 1. The van der Waals surface area contributed by atoms with Crippen LogP contribution < -0.4 is 19.7 Å². The Morgan fingerprint density at radius 3 is 2.55 bits per heavy atom. The summed E-state index contributed by atoms with van der Waals surface area (Å²) < 4.78 is 10.7. The maximum absolute atomic E-state index is 11.5. The van der Waals surface area contributed by atoms with E-state index in [0.29, 0.717) is 11.5 Å². The third-order valence-corrected chi connectivity index (χ3v) is 5.85. The van der Waals surface area contributed by atoms with Crippen molar-refractivity contribution in [2.45, 2.75) is 13.0 Å². The predicted molar refractivity (Wildman–Crippen MR) is 122 cm³/mol. The summed E-state index contributed by atoms with van der Waals surface area (Å²) in [6.45, 7) is 5.91. The van der Waals surface area contributed by atoms with E-state index in [1.54, 1.807) is 13.2 Å². The summed E-state index contributed by atoms with van der Waals surface area (Å²) in [6.07, 6.45) is -0.516. The van der Waals surface area contributed by atoms with Crippen LogP contribution in [0.4, 0.5) is 10.6 Å². The average molecular weight is 421 g/mol. The first kappa shape index (κ1) is 20.9. The number of anilines is 1. The van der Waals surface area contributed by atoms with Gasteiger partial charge in [0.25, 0.3) is 0 Å². The number of fused-ring (bicyclic) bond motifs is 1. The highest BCUT2D eigenvalue weighted by molar-refractivity contribution is 5.80. The van der Waals surface area contributed by atoms with Crippen LogP contribution in [0.25, 0.3) is 10.9 Å². The summed E-state index contributed by atoms with van der Waals surface area (Å²) in [7, 11) is 3.11.